The van der Waals surface area contributed by atoms with Gasteiger partial charge in [-0.15, -0.1) is 0 Å². The molecule has 3 saturated carbocycles. The SMILES string of the molecule is CC(C)(C)SCC1CCC(CCc2ccc(N3CCC(O)(c4ccc(Cl)cc4)CC3)cc2)CC1.CC(C)(C)SCC1CCC(CCc2ccc(NS(=O)(=O)c3ccccc3)cc2)CC1.CC(C)(C)SCC1CCC(CCc2ccc(NS(C)(=O)=O)cc2)CC1. The number of piperidine rings is 1. The normalized spacial score (nSPS) is 21.8. The zero-order chi connectivity index (χ0) is 64.3. The third-order valence-corrected chi connectivity index (χ3v) is 25.2. The van der Waals surface area contributed by atoms with Crippen LogP contribution in [-0.2, 0) is 44.9 Å². The average molecular weight is 1330 g/mol. The number of nitrogens with zero attached hydrogens (tertiary/aromatic N) is 1. The highest BCUT2D eigenvalue weighted by molar-refractivity contribution is 8.01. The zero-order valence-electron chi connectivity index (χ0n) is 55.7. The topological polar surface area (TPSA) is 116 Å². The van der Waals surface area contributed by atoms with Crippen LogP contribution in [0.2, 0.25) is 5.02 Å². The Balaban J connectivity index is 0.000000193. The summed E-state index contributed by atoms with van der Waals surface area (Å²) in [7, 11) is -6.72. The second-order valence-electron chi connectivity index (χ2n) is 29.4. The minimum absolute atomic E-state index is 0.283. The Morgan fingerprint density at radius 2 is 0.809 bits per heavy atom. The van der Waals surface area contributed by atoms with Crippen LogP contribution < -0.4 is 14.3 Å². The summed E-state index contributed by atoms with van der Waals surface area (Å²) in [5, 5.41) is 11.9. The van der Waals surface area contributed by atoms with Crippen LogP contribution in [0, 0.1) is 35.5 Å². The van der Waals surface area contributed by atoms with Crippen molar-refractivity contribution < 1.29 is 21.9 Å². The van der Waals surface area contributed by atoms with Crippen molar-refractivity contribution >= 4 is 84.0 Å². The van der Waals surface area contributed by atoms with Gasteiger partial charge in [0.25, 0.3) is 10.0 Å². The minimum atomic E-state index is -3.53. The number of benzene rings is 5. The van der Waals surface area contributed by atoms with E-state index < -0.39 is 25.6 Å². The molecule has 1 heterocycles. The minimum Gasteiger partial charge on any atom is -0.385 e. The van der Waals surface area contributed by atoms with E-state index in [-0.39, 0.29) is 4.90 Å². The van der Waals surface area contributed by atoms with Crippen molar-refractivity contribution in [2.24, 2.45) is 35.5 Å². The Morgan fingerprint density at radius 1 is 0.472 bits per heavy atom. The molecule has 3 aliphatic carbocycles. The number of aryl methyl sites for hydroxylation is 3. The lowest BCUT2D eigenvalue weighted by molar-refractivity contribution is 0.0118. The predicted molar refractivity (Wildman–Crippen MR) is 390 cm³/mol. The highest BCUT2D eigenvalue weighted by Crippen LogP contribution is 2.40. The molecule has 0 aromatic heterocycles. The molecule has 5 aromatic carbocycles. The van der Waals surface area contributed by atoms with Crippen molar-refractivity contribution in [3.63, 3.8) is 0 Å². The number of rotatable bonds is 22. The van der Waals surface area contributed by atoms with E-state index >= 15 is 0 Å². The van der Waals surface area contributed by atoms with Crippen molar-refractivity contribution in [2.45, 2.75) is 215 Å². The van der Waals surface area contributed by atoms with E-state index in [1.165, 1.54) is 149 Å². The lowest BCUT2D eigenvalue weighted by Gasteiger charge is -2.39. The van der Waals surface area contributed by atoms with Crippen LogP contribution in [0.5, 0.6) is 0 Å². The van der Waals surface area contributed by atoms with E-state index in [1.54, 1.807) is 24.3 Å². The molecular weight excluding hydrogens is 1220 g/mol. The maximum atomic E-state index is 12.4. The molecule has 89 heavy (non-hydrogen) atoms. The van der Waals surface area contributed by atoms with Gasteiger partial charge in [-0.1, -0.05) is 179 Å². The van der Waals surface area contributed by atoms with Crippen molar-refractivity contribution in [2.75, 3.05) is 50.9 Å². The number of hydrogen-bond donors (Lipinski definition) is 3. The molecule has 0 atom stereocenters. The van der Waals surface area contributed by atoms with Crippen LogP contribution in [0.4, 0.5) is 17.1 Å². The summed E-state index contributed by atoms with van der Waals surface area (Å²) < 4.78 is 53.7. The number of anilines is 3. The van der Waals surface area contributed by atoms with Crippen LogP contribution in [-0.4, -0.2) is 72.8 Å². The largest absolute Gasteiger partial charge is 0.385 e. The fraction of sp³-hybridized carbons (Fsp3) is 0.600. The predicted octanol–water partition coefficient (Wildman–Crippen LogP) is 20.2. The molecule has 8 nitrogen and oxygen atoms in total. The fourth-order valence-corrected chi connectivity index (χ4v) is 17.8. The lowest BCUT2D eigenvalue weighted by Crippen LogP contribution is -2.42. The van der Waals surface area contributed by atoms with E-state index in [0.29, 0.717) is 30.6 Å². The molecule has 0 amide bonds. The van der Waals surface area contributed by atoms with Gasteiger partial charge in [-0.05, 0) is 226 Å². The summed E-state index contributed by atoms with van der Waals surface area (Å²) in [4.78, 5) is 2.69. The van der Waals surface area contributed by atoms with Gasteiger partial charge < -0.3 is 10.0 Å². The van der Waals surface area contributed by atoms with Crippen LogP contribution >= 0.6 is 46.9 Å². The van der Waals surface area contributed by atoms with Crippen LogP contribution in [0.1, 0.15) is 194 Å². The van der Waals surface area contributed by atoms with Gasteiger partial charge in [0.15, 0.2) is 0 Å². The van der Waals surface area contributed by atoms with Gasteiger partial charge in [0.2, 0.25) is 10.0 Å². The van der Waals surface area contributed by atoms with Gasteiger partial charge in [-0.3, -0.25) is 9.44 Å². The maximum absolute atomic E-state index is 12.4. The third-order valence-electron chi connectivity index (χ3n) is 18.5. The van der Waals surface area contributed by atoms with Gasteiger partial charge in [0.05, 0.1) is 16.8 Å². The summed E-state index contributed by atoms with van der Waals surface area (Å²) in [6.45, 7) is 22.6. The molecule has 4 aliphatic rings. The van der Waals surface area contributed by atoms with Crippen molar-refractivity contribution in [1.82, 2.24) is 0 Å². The molecule has 9 rings (SSSR count). The number of halogens is 1. The Kier molecular flexibility index (Phi) is 28.1. The van der Waals surface area contributed by atoms with Gasteiger partial charge >= 0.3 is 0 Å². The Bertz CT molecular complexity index is 3060. The molecule has 14 heteroatoms. The number of thioether (sulfide) groups is 3. The summed E-state index contributed by atoms with van der Waals surface area (Å²) in [6, 6.07) is 41.0. The van der Waals surface area contributed by atoms with E-state index in [1.807, 2.05) is 66.7 Å². The lowest BCUT2D eigenvalue weighted by atomic mass is 9.80. The van der Waals surface area contributed by atoms with Gasteiger partial charge in [-0.2, -0.15) is 35.3 Å². The molecule has 492 valence electrons. The first kappa shape index (κ1) is 73.1. The molecular formula is C75H110ClN3O5S5. The summed E-state index contributed by atoms with van der Waals surface area (Å²) >= 11 is 12.4. The zero-order valence-corrected chi connectivity index (χ0v) is 60.6. The third kappa shape index (κ3) is 27.3. The van der Waals surface area contributed by atoms with Gasteiger partial charge in [-0.25, -0.2) is 16.8 Å². The molecule has 1 aliphatic heterocycles. The van der Waals surface area contributed by atoms with Crippen molar-refractivity contribution in [3.05, 3.63) is 155 Å². The summed E-state index contributed by atoms with van der Waals surface area (Å²) in [6.07, 6.45) is 26.4. The van der Waals surface area contributed by atoms with Crippen molar-refractivity contribution in [1.29, 1.82) is 0 Å². The Morgan fingerprint density at radius 3 is 1.16 bits per heavy atom. The van der Waals surface area contributed by atoms with Gasteiger partial charge in [0, 0.05) is 49.4 Å². The standard InChI is InChI=1S/C30H42ClNOS.C25H35NO2S2.C20H33NO2S2/c1-29(2,3)34-22-25-8-6-23(7-9-25)4-5-24-10-16-28(17-11-24)32-20-18-30(33,19-21-32)26-12-14-27(31)15-13-26;1-25(2,3)29-19-22-13-11-20(12-14-22)9-10-21-15-17-23(18-16-21)26-30(27,28)24-7-5-4-6-8-24;1-20(2,3)24-15-18-9-7-16(8-10-18)5-6-17-11-13-19(14-12-17)21-25(4,22)23/h10-17,23,25,33H,4-9,18-22H2,1-3H3;4-8,15-18,20,22,26H,9-14,19H2,1-3H3;11-14,16,18,21H,5-10,15H2,1-4H3. The molecule has 3 N–H and O–H groups in total. The average Bonchev–Trinajstić information content (AvgIpc) is 1.12. The Labute approximate surface area is 558 Å². The number of hydrogen-bond acceptors (Lipinski definition) is 9. The second-order valence-corrected chi connectivity index (χ2v) is 38.8. The molecule has 0 bridgehead atoms. The number of nitrogens with one attached hydrogen (secondary N) is 2. The second kappa shape index (κ2) is 34.2. The molecule has 1 saturated heterocycles. The van der Waals surface area contributed by atoms with Crippen LogP contribution in [0.3, 0.4) is 0 Å². The quantitative estimate of drug-likeness (QED) is 0.0623. The highest BCUT2D eigenvalue weighted by Gasteiger charge is 2.34. The number of sulfonamides is 2. The molecule has 0 radical (unpaired) electrons. The first-order valence-electron chi connectivity index (χ1n) is 33.5. The molecule has 0 unspecified atom stereocenters. The first-order valence-corrected chi connectivity index (χ1v) is 40.2. The first-order chi connectivity index (χ1) is 42.0. The molecule has 5 aromatic rings. The van der Waals surface area contributed by atoms with E-state index in [2.05, 4.69) is 148 Å². The number of aliphatic hydroxyl groups is 1. The van der Waals surface area contributed by atoms with Gasteiger partial charge in [0.1, 0.15) is 0 Å². The smallest absolute Gasteiger partial charge is 0.261 e. The van der Waals surface area contributed by atoms with E-state index in [4.69, 9.17) is 11.6 Å². The Hall–Kier alpha value is -3.30. The van der Waals surface area contributed by atoms with Crippen LogP contribution in [0.25, 0.3) is 0 Å². The fourth-order valence-electron chi connectivity index (χ4n) is 12.8. The van der Waals surface area contributed by atoms with E-state index in [9.17, 15) is 21.9 Å². The monoisotopic (exact) mass is 1330 g/mol. The van der Waals surface area contributed by atoms with Crippen molar-refractivity contribution in [3.8, 4) is 0 Å². The van der Waals surface area contributed by atoms with E-state index in [0.717, 1.165) is 79.8 Å². The highest BCUT2D eigenvalue weighted by atomic mass is 35.5. The summed E-state index contributed by atoms with van der Waals surface area (Å²) in [5.41, 5.74) is 6.80. The molecule has 0 spiro atoms. The molecule has 4 fully saturated rings. The van der Waals surface area contributed by atoms with Crippen LogP contribution in [0.15, 0.2) is 132 Å². The maximum Gasteiger partial charge on any atom is 0.261 e. The summed E-state index contributed by atoms with van der Waals surface area (Å²) in [5.74, 6) is 9.27.